The molecule has 0 saturated carbocycles. The molecule has 13 aromatic rings. The van der Waals surface area contributed by atoms with Gasteiger partial charge in [-0.25, -0.2) is 9.97 Å². The van der Waals surface area contributed by atoms with Gasteiger partial charge in [0.15, 0.2) is 23.3 Å². The molecule has 0 bridgehead atoms. The van der Waals surface area contributed by atoms with Crippen LogP contribution in [0.3, 0.4) is 0 Å². The standard InChI is InChI=1S/C56H34N8/c1-5-16-36(17-6-1)51-57-52(37-18-7-2-8-19-37)60-55(59-51)63-45-26-14-13-25-42(45)43-30-29-40(34-48(43)63)41-32-33-47-50-44(41)31-28-35-24-15-27-46(49(35)50)64(47)56-61-53(38-20-9-3-10-21-38)58-54(62-56)39-22-11-4-12-23-39/h1-34H. The van der Waals surface area contributed by atoms with E-state index in [2.05, 4.69) is 94.1 Å². The molecule has 0 aliphatic heterocycles. The predicted octanol–water partition coefficient (Wildman–Crippen LogP) is 13.2. The van der Waals surface area contributed by atoms with Gasteiger partial charge in [-0.3, -0.25) is 9.13 Å². The molecule has 0 amide bonds. The fourth-order valence-electron chi connectivity index (χ4n) is 9.30. The first-order valence-corrected chi connectivity index (χ1v) is 21.3. The van der Waals surface area contributed by atoms with Gasteiger partial charge in [0.25, 0.3) is 0 Å². The first kappa shape index (κ1) is 35.8. The summed E-state index contributed by atoms with van der Waals surface area (Å²) in [5, 5.41) is 6.86. The maximum Gasteiger partial charge on any atom is 0.238 e. The van der Waals surface area contributed by atoms with Crippen LogP contribution in [0.5, 0.6) is 0 Å². The molecule has 4 heterocycles. The number of benzene rings is 9. The number of rotatable bonds is 7. The van der Waals surface area contributed by atoms with Crippen LogP contribution < -0.4 is 0 Å². The van der Waals surface area contributed by atoms with Crippen molar-refractivity contribution in [3.63, 3.8) is 0 Å². The SMILES string of the molecule is c1ccc(-c2nc(-c3ccccc3)nc(-n3c4ccccc4c4ccc(-c5ccc6c7c5ccc5cccc(c57)n6-c5nc(-c6ccccc6)nc(-c6ccccc6)n5)cc43)n2)cc1. The lowest BCUT2D eigenvalue weighted by Crippen LogP contribution is -2.06. The number of nitrogens with zero attached hydrogens (tertiary/aromatic N) is 8. The third-order valence-electron chi connectivity index (χ3n) is 12.2. The Kier molecular flexibility index (Phi) is 8.04. The van der Waals surface area contributed by atoms with Crippen LogP contribution in [0, 0.1) is 0 Å². The Labute approximate surface area is 366 Å². The van der Waals surface area contributed by atoms with Crippen molar-refractivity contribution in [2.24, 2.45) is 0 Å². The molecule has 0 unspecified atom stereocenters. The lowest BCUT2D eigenvalue weighted by Gasteiger charge is -2.13. The van der Waals surface area contributed by atoms with Crippen molar-refractivity contribution in [2.75, 3.05) is 0 Å². The Balaban J connectivity index is 1.04. The molecule has 64 heavy (non-hydrogen) atoms. The van der Waals surface area contributed by atoms with E-state index in [1.54, 1.807) is 0 Å². The van der Waals surface area contributed by atoms with E-state index in [1.165, 1.54) is 5.39 Å². The van der Waals surface area contributed by atoms with Crippen LogP contribution in [0.15, 0.2) is 206 Å². The topological polar surface area (TPSA) is 87.2 Å². The number of hydrogen-bond donors (Lipinski definition) is 0. The molecule has 0 radical (unpaired) electrons. The Bertz CT molecular complexity index is 3770. The summed E-state index contributed by atoms with van der Waals surface area (Å²) in [6, 6.07) is 71.1. The second-order valence-electron chi connectivity index (χ2n) is 15.9. The molecular weight excluding hydrogens is 785 g/mol. The summed E-state index contributed by atoms with van der Waals surface area (Å²) < 4.78 is 4.39. The molecule has 13 rings (SSSR count). The highest BCUT2D eigenvalue weighted by Crippen LogP contribution is 2.44. The molecule has 0 aliphatic rings. The van der Waals surface area contributed by atoms with E-state index < -0.39 is 0 Å². The van der Waals surface area contributed by atoms with Gasteiger partial charge in [-0.1, -0.05) is 182 Å². The number of para-hydroxylation sites is 1. The average Bonchev–Trinajstić information content (AvgIpc) is 3.90. The fraction of sp³-hybridized carbons (Fsp3) is 0. The van der Waals surface area contributed by atoms with Crippen molar-refractivity contribution in [1.29, 1.82) is 0 Å². The van der Waals surface area contributed by atoms with Gasteiger partial charge < -0.3 is 0 Å². The van der Waals surface area contributed by atoms with Gasteiger partial charge in [-0.05, 0) is 46.2 Å². The van der Waals surface area contributed by atoms with Crippen LogP contribution >= 0.6 is 0 Å². The summed E-state index contributed by atoms with van der Waals surface area (Å²) in [5.74, 6) is 3.59. The molecule has 0 N–H and O–H groups in total. The zero-order chi connectivity index (χ0) is 42.1. The fourth-order valence-corrected chi connectivity index (χ4v) is 9.30. The van der Waals surface area contributed by atoms with E-state index in [9.17, 15) is 0 Å². The van der Waals surface area contributed by atoms with Crippen LogP contribution in [0.4, 0.5) is 0 Å². The quantitative estimate of drug-likeness (QED) is 0.149. The van der Waals surface area contributed by atoms with E-state index in [0.717, 1.165) is 82.4 Å². The largest absolute Gasteiger partial charge is 0.278 e. The monoisotopic (exact) mass is 818 g/mol. The second-order valence-corrected chi connectivity index (χ2v) is 15.9. The minimum Gasteiger partial charge on any atom is -0.278 e. The van der Waals surface area contributed by atoms with E-state index in [-0.39, 0.29) is 0 Å². The third-order valence-corrected chi connectivity index (χ3v) is 12.2. The maximum absolute atomic E-state index is 5.18. The van der Waals surface area contributed by atoms with Gasteiger partial charge >= 0.3 is 0 Å². The normalized spacial score (nSPS) is 11.8. The Morgan fingerprint density at radius 2 is 0.719 bits per heavy atom. The highest BCUT2D eigenvalue weighted by atomic mass is 15.2. The van der Waals surface area contributed by atoms with Crippen molar-refractivity contribution in [1.82, 2.24) is 39.0 Å². The predicted molar refractivity (Wildman–Crippen MR) is 258 cm³/mol. The molecule has 8 heteroatoms. The first-order chi connectivity index (χ1) is 31.7. The van der Waals surface area contributed by atoms with Crippen LogP contribution in [0.1, 0.15) is 0 Å². The van der Waals surface area contributed by atoms with E-state index >= 15 is 0 Å². The number of fused-ring (bicyclic) bond motifs is 3. The summed E-state index contributed by atoms with van der Waals surface area (Å²) in [6.07, 6.45) is 0. The van der Waals surface area contributed by atoms with Gasteiger partial charge in [0.1, 0.15) is 0 Å². The maximum atomic E-state index is 5.18. The third kappa shape index (κ3) is 5.70. The van der Waals surface area contributed by atoms with Gasteiger partial charge in [0.05, 0.1) is 22.1 Å². The van der Waals surface area contributed by atoms with Crippen LogP contribution in [0.2, 0.25) is 0 Å². The molecule has 0 spiro atoms. The van der Waals surface area contributed by atoms with Crippen LogP contribution in [-0.4, -0.2) is 39.0 Å². The number of hydrogen-bond acceptors (Lipinski definition) is 6. The molecule has 8 nitrogen and oxygen atoms in total. The van der Waals surface area contributed by atoms with Crippen molar-refractivity contribution >= 4 is 54.4 Å². The van der Waals surface area contributed by atoms with Crippen molar-refractivity contribution < 1.29 is 0 Å². The van der Waals surface area contributed by atoms with E-state index in [0.29, 0.717) is 35.2 Å². The summed E-state index contributed by atoms with van der Waals surface area (Å²) >= 11 is 0. The Morgan fingerprint density at radius 3 is 1.28 bits per heavy atom. The molecule has 0 fully saturated rings. The minimum atomic E-state index is 0.558. The molecule has 0 atom stereocenters. The minimum absolute atomic E-state index is 0.558. The Morgan fingerprint density at radius 1 is 0.266 bits per heavy atom. The van der Waals surface area contributed by atoms with Crippen molar-refractivity contribution in [2.45, 2.75) is 0 Å². The lowest BCUT2D eigenvalue weighted by molar-refractivity contribution is 0.953. The van der Waals surface area contributed by atoms with Crippen LogP contribution in [0.25, 0.3) is 123 Å². The lowest BCUT2D eigenvalue weighted by atomic mass is 9.94. The molecule has 298 valence electrons. The van der Waals surface area contributed by atoms with Gasteiger partial charge in [0.2, 0.25) is 11.9 Å². The van der Waals surface area contributed by atoms with Gasteiger partial charge in [-0.15, -0.1) is 0 Å². The summed E-state index contributed by atoms with van der Waals surface area (Å²) in [6.45, 7) is 0. The molecule has 9 aromatic carbocycles. The highest BCUT2D eigenvalue weighted by molar-refractivity contribution is 6.26. The smallest absolute Gasteiger partial charge is 0.238 e. The summed E-state index contributed by atoms with van der Waals surface area (Å²) in [4.78, 5) is 30.7. The molecule has 0 saturated heterocycles. The number of aromatic nitrogens is 8. The zero-order valence-electron chi connectivity index (χ0n) is 34.2. The molecular formula is C56H34N8. The first-order valence-electron chi connectivity index (χ1n) is 21.3. The Hall–Kier alpha value is -8.88. The van der Waals surface area contributed by atoms with Crippen molar-refractivity contribution in [3.8, 4) is 68.6 Å². The van der Waals surface area contributed by atoms with E-state index in [1.807, 2.05) is 121 Å². The molecule has 4 aromatic heterocycles. The van der Waals surface area contributed by atoms with E-state index in [4.69, 9.17) is 29.9 Å². The summed E-state index contributed by atoms with van der Waals surface area (Å²) in [5.41, 5.74) is 9.98. The second kappa shape index (κ2) is 14.4. The average molecular weight is 819 g/mol. The molecule has 0 aliphatic carbocycles. The van der Waals surface area contributed by atoms with Crippen molar-refractivity contribution in [3.05, 3.63) is 206 Å². The van der Waals surface area contributed by atoms with Gasteiger partial charge in [0, 0.05) is 43.8 Å². The summed E-state index contributed by atoms with van der Waals surface area (Å²) in [7, 11) is 0. The zero-order valence-corrected chi connectivity index (χ0v) is 34.2. The highest BCUT2D eigenvalue weighted by Gasteiger charge is 2.23. The van der Waals surface area contributed by atoms with Crippen LogP contribution in [-0.2, 0) is 0 Å². The van der Waals surface area contributed by atoms with Gasteiger partial charge in [-0.2, -0.15) is 19.9 Å².